The molecule has 1 rings (SSSR count). The first-order valence-corrected chi connectivity index (χ1v) is 6.39. The highest BCUT2D eigenvalue weighted by atomic mass is 19.3. The Bertz CT molecular complexity index is 372. The highest BCUT2D eigenvalue weighted by molar-refractivity contribution is 5.35. The van der Waals surface area contributed by atoms with Crippen molar-refractivity contribution in [1.29, 1.82) is 0 Å². The molecule has 0 aliphatic heterocycles. The summed E-state index contributed by atoms with van der Waals surface area (Å²) in [5.41, 5.74) is 0.715. The van der Waals surface area contributed by atoms with Gasteiger partial charge in [-0.05, 0) is 26.8 Å². The third-order valence-electron chi connectivity index (χ3n) is 2.61. The highest BCUT2D eigenvalue weighted by Crippen LogP contribution is 2.26. The van der Waals surface area contributed by atoms with Gasteiger partial charge in [0.1, 0.15) is 5.75 Å². The summed E-state index contributed by atoms with van der Waals surface area (Å²) in [5.74, 6) is 0.210. The Morgan fingerprint density at radius 1 is 1.16 bits per heavy atom. The topological polar surface area (TPSA) is 30.5 Å². The van der Waals surface area contributed by atoms with Crippen LogP contribution < -0.4 is 10.1 Å². The summed E-state index contributed by atoms with van der Waals surface area (Å²) < 4.78 is 34.5. The van der Waals surface area contributed by atoms with Crippen LogP contribution >= 0.6 is 0 Å². The number of ether oxygens (including phenoxy) is 2. The van der Waals surface area contributed by atoms with Crippen LogP contribution in [-0.2, 0) is 4.74 Å². The van der Waals surface area contributed by atoms with Crippen molar-refractivity contribution in [2.45, 2.75) is 39.5 Å². The second kappa shape index (κ2) is 8.07. The number of hydrogen-bond donors (Lipinski definition) is 1. The maximum atomic E-state index is 12.3. The normalized spacial score (nSPS) is 13.0. The third-order valence-corrected chi connectivity index (χ3v) is 2.61. The predicted octanol–water partition coefficient (Wildman–Crippen LogP) is 3.36. The number of nitrogens with one attached hydrogen (secondary N) is 1. The van der Waals surface area contributed by atoms with Crippen molar-refractivity contribution in [3.05, 3.63) is 29.8 Å². The molecule has 1 aromatic carbocycles. The summed E-state index contributed by atoms with van der Waals surface area (Å²) in [6.07, 6.45) is 0.187. The van der Waals surface area contributed by atoms with E-state index in [1.165, 1.54) is 0 Å². The van der Waals surface area contributed by atoms with E-state index in [-0.39, 0.29) is 17.9 Å². The number of para-hydroxylation sites is 1. The monoisotopic (exact) mass is 273 g/mol. The van der Waals surface area contributed by atoms with Crippen molar-refractivity contribution in [2.75, 3.05) is 13.2 Å². The number of hydrogen-bond acceptors (Lipinski definition) is 3. The van der Waals surface area contributed by atoms with Crippen molar-refractivity contribution in [3.63, 3.8) is 0 Å². The zero-order valence-corrected chi connectivity index (χ0v) is 11.5. The molecule has 1 unspecified atom stereocenters. The standard InChI is InChI=1S/C14H21F2NO2/c1-10(2)18-9-8-17-11(3)12-6-4-5-7-13(12)19-14(15)16/h4-7,10-11,14,17H,8-9H2,1-3H3. The van der Waals surface area contributed by atoms with Gasteiger partial charge in [-0.1, -0.05) is 18.2 Å². The molecule has 0 saturated heterocycles. The van der Waals surface area contributed by atoms with Gasteiger partial charge < -0.3 is 14.8 Å². The van der Waals surface area contributed by atoms with Crippen LogP contribution in [0.25, 0.3) is 0 Å². The average Bonchev–Trinajstić information content (AvgIpc) is 2.34. The number of benzene rings is 1. The minimum atomic E-state index is -2.81. The van der Waals surface area contributed by atoms with E-state index < -0.39 is 6.61 Å². The van der Waals surface area contributed by atoms with E-state index in [0.717, 1.165) is 0 Å². The van der Waals surface area contributed by atoms with E-state index in [1.54, 1.807) is 24.3 Å². The quantitative estimate of drug-likeness (QED) is 0.737. The van der Waals surface area contributed by atoms with Crippen molar-refractivity contribution in [2.24, 2.45) is 0 Å². The first-order valence-electron chi connectivity index (χ1n) is 6.39. The average molecular weight is 273 g/mol. The molecule has 5 heteroatoms. The van der Waals surface area contributed by atoms with Gasteiger partial charge in [-0.2, -0.15) is 8.78 Å². The molecule has 0 amide bonds. The molecule has 0 aliphatic rings. The smallest absolute Gasteiger partial charge is 0.387 e. The van der Waals surface area contributed by atoms with Crippen LogP contribution in [0.3, 0.4) is 0 Å². The SMILES string of the molecule is CC(C)OCCNC(C)c1ccccc1OC(F)F. The van der Waals surface area contributed by atoms with Crippen molar-refractivity contribution in [1.82, 2.24) is 5.32 Å². The molecule has 3 nitrogen and oxygen atoms in total. The predicted molar refractivity (Wildman–Crippen MR) is 70.6 cm³/mol. The third kappa shape index (κ3) is 5.98. The Morgan fingerprint density at radius 2 is 1.84 bits per heavy atom. The van der Waals surface area contributed by atoms with Gasteiger partial charge in [-0.25, -0.2) is 0 Å². The molecule has 19 heavy (non-hydrogen) atoms. The molecule has 0 spiro atoms. The van der Waals surface area contributed by atoms with Crippen LogP contribution in [0.4, 0.5) is 8.78 Å². The maximum absolute atomic E-state index is 12.3. The van der Waals surface area contributed by atoms with Crippen LogP contribution in [0.5, 0.6) is 5.75 Å². The van der Waals surface area contributed by atoms with Crippen molar-refractivity contribution < 1.29 is 18.3 Å². The molecule has 0 aliphatic carbocycles. The molecular formula is C14H21F2NO2. The molecule has 0 radical (unpaired) electrons. The van der Waals surface area contributed by atoms with E-state index in [1.807, 2.05) is 20.8 Å². The van der Waals surface area contributed by atoms with E-state index >= 15 is 0 Å². The van der Waals surface area contributed by atoms with Gasteiger partial charge in [0.15, 0.2) is 0 Å². The van der Waals surface area contributed by atoms with Gasteiger partial charge in [0.25, 0.3) is 0 Å². The molecule has 0 heterocycles. The Morgan fingerprint density at radius 3 is 2.47 bits per heavy atom. The molecule has 0 aromatic heterocycles. The van der Waals surface area contributed by atoms with Crippen LogP contribution in [0.1, 0.15) is 32.4 Å². The van der Waals surface area contributed by atoms with Gasteiger partial charge >= 0.3 is 6.61 Å². The van der Waals surface area contributed by atoms with E-state index in [2.05, 4.69) is 10.1 Å². The van der Waals surface area contributed by atoms with Gasteiger partial charge in [-0.15, -0.1) is 0 Å². The largest absolute Gasteiger partial charge is 0.434 e. The molecule has 0 bridgehead atoms. The second-order valence-corrected chi connectivity index (χ2v) is 4.51. The zero-order valence-electron chi connectivity index (χ0n) is 11.5. The highest BCUT2D eigenvalue weighted by Gasteiger charge is 2.13. The van der Waals surface area contributed by atoms with Crippen LogP contribution in [-0.4, -0.2) is 25.9 Å². The van der Waals surface area contributed by atoms with Gasteiger partial charge in [0, 0.05) is 18.2 Å². The molecule has 1 N–H and O–H groups in total. The molecule has 1 atom stereocenters. The molecule has 108 valence electrons. The summed E-state index contributed by atoms with van der Waals surface area (Å²) in [7, 11) is 0. The minimum Gasteiger partial charge on any atom is -0.434 e. The number of halogens is 2. The Labute approximate surface area is 112 Å². The first kappa shape index (κ1) is 15.9. The van der Waals surface area contributed by atoms with Gasteiger partial charge in [0.2, 0.25) is 0 Å². The summed E-state index contributed by atoms with van der Waals surface area (Å²) in [5, 5.41) is 3.22. The van der Waals surface area contributed by atoms with Crippen LogP contribution in [0, 0.1) is 0 Å². The Hall–Kier alpha value is -1.20. The summed E-state index contributed by atoms with van der Waals surface area (Å²) >= 11 is 0. The number of rotatable bonds is 8. The van der Waals surface area contributed by atoms with Crippen LogP contribution in [0.2, 0.25) is 0 Å². The zero-order chi connectivity index (χ0) is 14.3. The van der Waals surface area contributed by atoms with E-state index in [4.69, 9.17) is 4.74 Å². The number of alkyl halides is 2. The second-order valence-electron chi connectivity index (χ2n) is 4.51. The fourth-order valence-electron chi connectivity index (χ4n) is 1.72. The lowest BCUT2D eigenvalue weighted by Gasteiger charge is -2.18. The van der Waals surface area contributed by atoms with Gasteiger partial charge in [-0.3, -0.25) is 0 Å². The molecular weight excluding hydrogens is 252 g/mol. The van der Waals surface area contributed by atoms with Crippen LogP contribution in [0.15, 0.2) is 24.3 Å². The summed E-state index contributed by atoms with van der Waals surface area (Å²) in [6.45, 7) is 4.27. The van der Waals surface area contributed by atoms with E-state index in [9.17, 15) is 8.78 Å². The van der Waals surface area contributed by atoms with Crippen molar-refractivity contribution in [3.8, 4) is 5.75 Å². The fourth-order valence-corrected chi connectivity index (χ4v) is 1.72. The van der Waals surface area contributed by atoms with Gasteiger partial charge in [0.05, 0.1) is 12.7 Å². The first-order chi connectivity index (χ1) is 9.00. The molecule has 0 fully saturated rings. The summed E-state index contributed by atoms with van der Waals surface area (Å²) in [4.78, 5) is 0. The lowest BCUT2D eigenvalue weighted by Crippen LogP contribution is -2.25. The fraction of sp³-hybridized carbons (Fsp3) is 0.571. The Kier molecular flexibility index (Phi) is 6.73. The lowest BCUT2D eigenvalue weighted by atomic mass is 10.1. The summed E-state index contributed by atoms with van der Waals surface area (Å²) in [6, 6.07) is 6.72. The lowest BCUT2D eigenvalue weighted by molar-refractivity contribution is -0.0507. The maximum Gasteiger partial charge on any atom is 0.387 e. The minimum absolute atomic E-state index is 0.0780. The van der Waals surface area contributed by atoms with Crippen molar-refractivity contribution >= 4 is 0 Å². The molecule has 0 saturated carbocycles. The molecule has 1 aromatic rings. The van der Waals surface area contributed by atoms with E-state index in [0.29, 0.717) is 18.7 Å². The Balaban J connectivity index is 2.53.